The maximum Gasteiger partial charge on any atom is 0.258 e. The Morgan fingerprint density at radius 3 is 2.55 bits per heavy atom. The van der Waals surface area contributed by atoms with Crippen molar-refractivity contribution in [2.24, 2.45) is 0 Å². The Bertz CT molecular complexity index is 606. The molecule has 0 atom stereocenters. The van der Waals surface area contributed by atoms with E-state index in [9.17, 15) is 9.59 Å². The van der Waals surface area contributed by atoms with Crippen molar-refractivity contribution < 1.29 is 18.7 Å². The Labute approximate surface area is 128 Å². The lowest BCUT2D eigenvalue weighted by Gasteiger charge is -2.08. The van der Waals surface area contributed by atoms with E-state index in [2.05, 4.69) is 10.6 Å². The van der Waals surface area contributed by atoms with Gasteiger partial charge in [0.15, 0.2) is 6.61 Å². The molecule has 0 fully saturated rings. The lowest BCUT2D eigenvalue weighted by atomic mass is 10.2. The fourth-order valence-electron chi connectivity index (χ4n) is 1.67. The van der Waals surface area contributed by atoms with Gasteiger partial charge in [-0.3, -0.25) is 9.59 Å². The molecule has 0 unspecified atom stereocenters. The van der Waals surface area contributed by atoms with Gasteiger partial charge in [0.25, 0.3) is 5.91 Å². The van der Waals surface area contributed by atoms with Crippen molar-refractivity contribution in [1.29, 1.82) is 0 Å². The number of amides is 2. The molecule has 6 nitrogen and oxygen atoms in total. The van der Waals surface area contributed by atoms with Gasteiger partial charge >= 0.3 is 0 Å². The van der Waals surface area contributed by atoms with E-state index in [0.29, 0.717) is 18.1 Å². The van der Waals surface area contributed by atoms with Crippen molar-refractivity contribution in [3.8, 4) is 5.75 Å². The zero-order valence-corrected chi connectivity index (χ0v) is 12.3. The Morgan fingerprint density at radius 1 is 1.09 bits per heavy atom. The van der Waals surface area contributed by atoms with Crippen LogP contribution in [0.1, 0.15) is 11.3 Å². The number of hydrogen-bond donors (Lipinski definition) is 2. The van der Waals surface area contributed by atoms with Gasteiger partial charge in [-0.1, -0.05) is 17.7 Å². The molecule has 0 saturated carbocycles. The molecule has 1 aromatic heterocycles. The van der Waals surface area contributed by atoms with Crippen LogP contribution in [0.5, 0.6) is 5.75 Å². The van der Waals surface area contributed by atoms with Gasteiger partial charge in [-0.15, -0.1) is 0 Å². The fourth-order valence-corrected chi connectivity index (χ4v) is 1.67. The van der Waals surface area contributed by atoms with Crippen LogP contribution in [-0.2, 0) is 16.1 Å². The quantitative estimate of drug-likeness (QED) is 0.810. The van der Waals surface area contributed by atoms with Crippen LogP contribution >= 0.6 is 0 Å². The van der Waals surface area contributed by atoms with Gasteiger partial charge in [-0.25, -0.2) is 0 Å². The average molecular weight is 302 g/mol. The third-order valence-corrected chi connectivity index (χ3v) is 2.88. The summed E-state index contributed by atoms with van der Waals surface area (Å²) >= 11 is 0. The molecule has 116 valence electrons. The summed E-state index contributed by atoms with van der Waals surface area (Å²) in [6.07, 6.45) is 1.53. The maximum absolute atomic E-state index is 11.6. The minimum atomic E-state index is -0.353. The summed E-state index contributed by atoms with van der Waals surface area (Å²) in [5.74, 6) is 0.624. The lowest BCUT2D eigenvalue weighted by molar-refractivity contribution is -0.127. The highest BCUT2D eigenvalue weighted by atomic mass is 16.5. The highest BCUT2D eigenvalue weighted by Gasteiger charge is 2.07. The van der Waals surface area contributed by atoms with Gasteiger partial charge in [0.05, 0.1) is 19.4 Å². The van der Waals surface area contributed by atoms with Crippen LogP contribution in [0, 0.1) is 6.92 Å². The zero-order valence-electron chi connectivity index (χ0n) is 12.3. The van der Waals surface area contributed by atoms with Crippen LogP contribution in [-0.4, -0.2) is 25.0 Å². The number of furan rings is 1. The van der Waals surface area contributed by atoms with Crippen molar-refractivity contribution in [1.82, 2.24) is 10.6 Å². The number of ether oxygens (including phenoxy) is 1. The molecule has 0 radical (unpaired) electrons. The minimum Gasteiger partial charge on any atom is -0.484 e. The summed E-state index contributed by atoms with van der Waals surface area (Å²) in [6.45, 7) is 2.03. The molecular weight excluding hydrogens is 284 g/mol. The van der Waals surface area contributed by atoms with E-state index in [4.69, 9.17) is 9.15 Å². The van der Waals surface area contributed by atoms with Crippen molar-refractivity contribution in [2.75, 3.05) is 13.2 Å². The number of carbonyl (C=O) groups excluding carboxylic acids is 2. The van der Waals surface area contributed by atoms with Crippen molar-refractivity contribution in [3.05, 3.63) is 54.0 Å². The highest BCUT2D eigenvalue weighted by Crippen LogP contribution is 2.10. The number of hydrogen-bond acceptors (Lipinski definition) is 4. The first-order valence-corrected chi connectivity index (χ1v) is 6.89. The molecule has 2 aromatic rings. The fraction of sp³-hybridized carbons (Fsp3) is 0.250. The Morgan fingerprint density at radius 2 is 1.86 bits per heavy atom. The number of benzene rings is 1. The van der Waals surface area contributed by atoms with E-state index in [1.165, 1.54) is 6.26 Å². The van der Waals surface area contributed by atoms with E-state index in [-0.39, 0.29) is 25.0 Å². The molecule has 2 amide bonds. The lowest BCUT2D eigenvalue weighted by Crippen LogP contribution is -2.38. The van der Waals surface area contributed by atoms with Crippen LogP contribution in [0.3, 0.4) is 0 Å². The topological polar surface area (TPSA) is 80.6 Å². The van der Waals surface area contributed by atoms with Gasteiger partial charge in [-0.2, -0.15) is 0 Å². The number of rotatable bonds is 7. The molecule has 2 N–H and O–H groups in total. The normalized spacial score (nSPS) is 10.0. The monoisotopic (exact) mass is 302 g/mol. The van der Waals surface area contributed by atoms with Crippen molar-refractivity contribution in [2.45, 2.75) is 13.5 Å². The van der Waals surface area contributed by atoms with Gasteiger partial charge in [0, 0.05) is 0 Å². The molecule has 0 aliphatic rings. The summed E-state index contributed by atoms with van der Waals surface area (Å²) in [5, 5.41) is 5.12. The predicted octanol–water partition coefficient (Wildman–Crippen LogP) is 1.40. The summed E-state index contributed by atoms with van der Waals surface area (Å²) in [7, 11) is 0. The highest BCUT2D eigenvalue weighted by molar-refractivity contribution is 5.85. The Balaban J connectivity index is 1.62. The van der Waals surface area contributed by atoms with Crippen molar-refractivity contribution >= 4 is 11.8 Å². The Hall–Kier alpha value is -2.76. The molecule has 22 heavy (non-hydrogen) atoms. The maximum atomic E-state index is 11.6. The Kier molecular flexibility index (Phi) is 5.59. The predicted molar refractivity (Wildman–Crippen MR) is 80.2 cm³/mol. The molecular formula is C16H18N2O4. The van der Waals surface area contributed by atoms with Crippen LogP contribution in [0.4, 0.5) is 0 Å². The number of aryl methyl sites for hydroxylation is 1. The second kappa shape index (κ2) is 7.87. The second-order valence-electron chi connectivity index (χ2n) is 4.73. The smallest absolute Gasteiger partial charge is 0.258 e. The first-order valence-electron chi connectivity index (χ1n) is 6.89. The molecule has 1 aromatic carbocycles. The van der Waals surface area contributed by atoms with Crippen LogP contribution < -0.4 is 15.4 Å². The molecule has 2 rings (SSSR count). The van der Waals surface area contributed by atoms with Gasteiger partial charge < -0.3 is 19.8 Å². The molecule has 0 saturated heterocycles. The van der Waals surface area contributed by atoms with Gasteiger partial charge in [-0.05, 0) is 31.2 Å². The van der Waals surface area contributed by atoms with Crippen LogP contribution in [0.25, 0.3) is 0 Å². The van der Waals surface area contributed by atoms with E-state index < -0.39 is 0 Å². The average Bonchev–Trinajstić information content (AvgIpc) is 3.04. The molecule has 0 aliphatic carbocycles. The van der Waals surface area contributed by atoms with Gasteiger partial charge in [0.2, 0.25) is 5.91 Å². The second-order valence-corrected chi connectivity index (χ2v) is 4.73. The molecule has 0 bridgehead atoms. The number of carbonyl (C=O) groups is 2. The van der Waals surface area contributed by atoms with E-state index >= 15 is 0 Å². The van der Waals surface area contributed by atoms with Crippen molar-refractivity contribution in [3.63, 3.8) is 0 Å². The zero-order chi connectivity index (χ0) is 15.8. The van der Waals surface area contributed by atoms with E-state index in [1.807, 2.05) is 19.1 Å². The standard InChI is InChI=1S/C16H18N2O4/c1-12-4-6-13(7-5-12)22-11-16(20)18-10-15(19)17-9-14-3-2-8-21-14/h2-8H,9-11H2,1H3,(H,17,19)(H,18,20). The van der Waals surface area contributed by atoms with E-state index in [1.54, 1.807) is 24.3 Å². The third kappa shape index (κ3) is 5.32. The summed E-state index contributed by atoms with van der Waals surface area (Å²) in [6, 6.07) is 10.9. The van der Waals surface area contributed by atoms with Gasteiger partial charge in [0.1, 0.15) is 11.5 Å². The largest absolute Gasteiger partial charge is 0.484 e. The van der Waals surface area contributed by atoms with E-state index in [0.717, 1.165) is 5.56 Å². The minimum absolute atomic E-state index is 0.100. The third-order valence-electron chi connectivity index (χ3n) is 2.88. The summed E-state index contributed by atoms with van der Waals surface area (Å²) < 4.78 is 10.4. The summed E-state index contributed by atoms with van der Waals surface area (Å²) in [5.41, 5.74) is 1.12. The molecule has 6 heteroatoms. The SMILES string of the molecule is Cc1ccc(OCC(=O)NCC(=O)NCc2ccco2)cc1. The molecule has 1 heterocycles. The molecule has 0 aliphatic heterocycles. The first-order chi connectivity index (χ1) is 10.6. The van der Waals surface area contributed by atoms with Crippen LogP contribution in [0.15, 0.2) is 47.1 Å². The number of nitrogens with one attached hydrogen (secondary N) is 2. The molecule has 0 spiro atoms. The summed E-state index contributed by atoms with van der Waals surface area (Å²) in [4.78, 5) is 23.1. The van der Waals surface area contributed by atoms with Crippen LogP contribution in [0.2, 0.25) is 0 Å². The first kappa shape index (κ1) is 15.6.